The molecule has 0 aromatic heterocycles. The summed E-state index contributed by atoms with van der Waals surface area (Å²) in [5, 5.41) is 3.05. The molecule has 1 rings (SSSR count). The SMILES string of the molecule is CC1CC1CNC(=O)CCC(CCN)C(C)(C)C. The molecule has 1 aliphatic rings. The zero-order valence-electron chi connectivity index (χ0n) is 12.5. The van der Waals surface area contributed by atoms with Crippen LogP contribution in [0.15, 0.2) is 0 Å². The van der Waals surface area contributed by atoms with Crippen LogP contribution in [0.5, 0.6) is 0 Å². The maximum atomic E-state index is 11.8. The molecule has 3 atom stereocenters. The molecule has 0 aromatic carbocycles. The largest absolute Gasteiger partial charge is 0.356 e. The molecule has 0 radical (unpaired) electrons. The molecule has 1 amide bonds. The van der Waals surface area contributed by atoms with Crippen LogP contribution in [0, 0.1) is 23.2 Å². The van der Waals surface area contributed by atoms with Crippen molar-refractivity contribution in [2.45, 2.75) is 53.4 Å². The van der Waals surface area contributed by atoms with E-state index in [1.54, 1.807) is 0 Å². The number of amides is 1. The third-order valence-electron chi connectivity index (χ3n) is 4.30. The fraction of sp³-hybridized carbons (Fsp3) is 0.933. The highest BCUT2D eigenvalue weighted by molar-refractivity contribution is 5.75. The number of carbonyl (C=O) groups excluding carboxylic acids is 1. The molecule has 0 saturated heterocycles. The van der Waals surface area contributed by atoms with E-state index < -0.39 is 0 Å². The molecule has 18 heavy (non-hydrogen) atoms. The molecular weight excluding hydrogens is 224 g/mol. The normalized spacial score (nSPS) is 24.7. The van der Waals surface area contributed by atoms with Gasteiger partial charge in [-0.1, -0.05) is 27.7 Å². The summed E-state index contributed by atoms with van der Waals surface area (Å²) in [5.41, 5.74) is 5.89. The lowest BCUT2D eigenvalue weighted by atomic mass is 9.76. The van der Waals surface area contributed by atoms with Gasteiger partial charge in [-0.25, -0.2) is 0 Å². The van der Waals surface area contributed by atoms with Gasteiger partial charge >= 0.3 is 0 Å². The number of nitrogens with one attached hydrogen (secondary N) is 1. The molecule has 3 unspecified atom stereocenters. The van der Waals surface area contributed by atoms with Gasteiger partial charge in [-0.15, -0.1) is 0 Å². The monoisotopic (exact) mass is 254 g/mol. The Balaban J connectivity index is 2.21. The smallest absolute Gasteiger partial charge is 0.220 e. The number of hydrogen-bond acceptors (Lipinski definition) is 2. The quantitative estimate of drug-likeness (QED) is 0.733. The van der Waals surface area contributed by atoms with Crippen molar-refractivity contribution in [3.8, 4) is 0 Å². The number of hydrogen-bond donors (Lipinski definition) is 2. The van der Waals surface area contributed by atoms with Crippen LogP contribution >= 0.6 is 0 Å². The van der Waals surface area contributed by atoms with Crippen molar-refractivity contribution in [3.63, 3.8) is 0 Å². The summed E-state index contributed by atoms with van der Waals surface area (Å²) in [6.07, 6.45) is 3.88. The van der Waals surface area contributed by atoms with Gasteiger partial charge in [-0.2, -0.15) is 0 Å². The van der Waals surface area contributed by atoms with E-state index in [1.807, 2.05) is 0 Å². The van der Waals surface area contributed by atoms with Crippen molar-refractivity contribution in [3.05, 3.63) is 0 Å². The Morgan fingerprint density at radius 1 is 1.39 bits per heavy atom. The van der Waals surface area contributed by atoms with Crippen molar-refractivity contribution in [1.29, 1.82) is 0 Å². The van der Waals surface area contributed by atoms with E-state index in [-0.39, 0.29) is 11.3 Å². The van der Waals surface area contributed by atoms with Crippen molar-refractivity contribution in [2.75, 3.05) is 13.1 Å². The van der Waals surface area contributed by atoms with E-state index >= 15 is 0 Å². The van der Waals surface area contributed by atoms with Crippen LogP contribution in [0.25, 0.3) is 0 Å². The summed E-state index contributed by atoms with van der Waals surface area (Å²) in [6.45, 7) is 10.5. The first-order valence-electron chi connectivity index (χ1n) is 7.31. The molecule has 0 spiro atoms. The van der Waals surface area contributed by atoms with E-state index in [2.05, 4.69) is 33.0 Å². The molecular formula is C15H30N2O. The molecule has 106 valence electrons. The van der Waals surface area contributed by atoms with E-state index in [0.717, 1.165) is 31.2 Å². The average molecular weight is 254 g/mol. The van der Waals surface area contributed by atoms with E-state index in [9.17, 15) is 4.79 Å². The molecule has 0 aliphatic heterocycles. The van der Waals surface area contributed by atoms with Gasteiger partial charge in [0.15, 0.2) is 0 Å². The minimum Gasteiger partial charge on any atom is -0.356 e. The molecule has 3 nitrogen and oxygen atoms in total. The predicted molar refractivity (Wildman–Crippen MR) is 76.1 cm³/mol. The van der Waals surface area contributed by atoms with Gasteiger partial charge in [-0.3, -0.25) is 4.79 Å². The maximum Gasteiger partial charge on any atom is 0.220 e. The zero-order valence-corrected chi connectivity index (χ0v) is 12.5. The second kappa shape index (κ2) is 6.55. The molecule has 3 heteroatoms. The molecule has 0 aromatic rings. The van der Waals surface area contributed by atoms with Crippen LogP contribution in [0.3, 0.4) is 0 Å². The van der Waals surface area contributed by atoms with Crippen LogP contribution in [-0.4, -0.2) is 19.0 Å². The Morgan fingerprint density at radius 2 is 2.00 bits per heavy atom. The zero-order chi connectivity index (χ0) is 13.8. The topological polar surface area (TPSA) is 55.1 Å². The Labute approximate surface area is 112 Å². The Kier molecular flexibility index (Phi) is 5.64. The first-order valence-corrected chi connectivity index (χ1v) is 7.31. The number of rotatable bonds is 7. The summed E-state index contributed by atoms with van der Waals surface area (Å²) in [7, 11) is 0. The second-order valence-corrected chi connectivity index (χ2v) is 6.96. The molecule has 0 bridgehead atoms. The molecule has 0 heterocycles. The van der Waals surface area contributed by atoms with Crippen LogP contribution in [-0.2, 0) is 4.79 Å². The van der Waals surface area contributed by atoms with Gasteiger partial charge in [0.2, 0.25) is 5.91 Å². The molecule has 1 fully saturated rings. The molecule has 3 N–H and O–H groups in total. The summed E-state index contributed by atoms with van der Waals surface area (Å²) in [4.78, 5) is 11.8. The van der Waals surface area contributed by atoms with Gasteiger partial charge in [0.25, 0.3) is 0 Å². The van der Waals surface area contributed by atoms with Gasteiger partial charge in [0, 0.05) is 13.0 Å². The lowest BCUT2D eigenvalue weighted by Crippen LogP contribution is -2.29. The van der Waals surface area contributed by atoms with Crippen molar-refractivity contribution < 1.29 is 4.79 Å². The highest BCUT2D eigenvalue weighted by atomic mass is 16.1. The number of carbonyl (C=O) groups is 1. The Morgan fingerprint density at radius 3 is 2.44 bits per heavy atom. The van der Waals surface area contributed by atoms with Crippen molar-refractivity contribution in [1.82, 2.24) is 5.32 Å². The van der Waals surface area contributed by atoms with Crippen molar-refractivity contribution in [2.24, 2.45) is 28.9 Å². The summed E-state index contributed by atoms with van der Waals surface area (Å²) >= 11 is 0. The van der Waals surface area contributed by atoms with Crippen LogP contribution < -0.4 is 11.1 Å². The second-order valence-electron chi connectivity index (χ2n) is 6.96. The standard InChI is InChI=1S/C15H30N2O/c1-11-9-12(11)10-17-14(18)6-5-13(7-8-16)15(2,3)4/h11-13H,5-10,16H2,1-4H3,(H,17,18). The molecule has 1 saturated carbocycles. The van der Waals surface area contributed by atoms with Crippen LogP contribution in [0.2, 0.25) is 0 Å². The first kappa shape index (κ1) is 15.5. The lowest BCUT2D eigenvalue weighted by Gasteiger charge is -2.30. The summed E-state index contributed by atoms with van der Waals surface area (Å²) < 4.78 is 0. The van der Waals surface area contributed by atoms with E-state index in [4.69, 9.17) is 5.73 Å². The van der Waals surface area contributed by atoms with Crippen molar-refractivity contribution >= 4 is 5.91 Å². The first-order chi connectivity index (χ1) is 8.34. The van der Waals surface area contributed by atoms with Crippen LogP contribution in [0.4, 0.5) is 0 Å². The third-order valence-corrected chi connectivity index (χ3v) is 4.30. The maximum absolute atomic E-state index is 11.8. The van der Waals surface area contributed by atoms with E-state index in [0.29, 0.717) is 18.9 Å². The predicted octanol–water partition coefficient (Wildman–Crippen LogP) is 2.55. The minimum atomic E-state index is 0.209. The summed E-state index contributed by atoms with van der Waals surface area (Å²) in [5.74, 6) is 2.29. The minimum absolute atomic E-state index is 0.209. The third kappa shape index (κ3) is 5.38. The fourth-order valence-electron chi connectivity index (χ4n) is 2.53. The Hall–Kier alpha value is -0.570. The van der Waals surface area contributed by atoms with E-state index in [1.165, 1.54) is 6.42 Å². The number of nitrogens with two attached hydrogens (primary N) is 1. The molecule has 1 aliphatic carbocycles. The van der Waals surface area contributed by atoms with Crippen LogP contribution in [0.1, 0.15) is 53.4 Å². The lowest BCUT2D eigenvalue weighted by molar-refractivity contribution is -0.121. The van der Waals surface area contributed by atoms with Gasteiger partial charge < -0.3 is 11.1 Å². The highest BCUT2D eigenvalue weighted by Gasteiger charge is 2.32. The Bertz CT molecular complexity index is 270. The van der Waals surface area contributed by atoms with Gasteiger partial charge in [-0.05, 0) is 49.0 Å². The highest BCUT2D eigenvalue weighted by Crippen LogP contribution is 2.36. The summed E-state index contributed by atoms with van der Waals surface area (Å²) in [6, 6.07) is 0. The van der Waals surface area contributed by atoms with Gasteiger partial charge in [0.1, 0.15) is 0 Å². The average Bonchev–Trinajstić information content (AvgIpc) is 2.96. The van der Waals surface area contributed by atoms with Gasteiger partial charge in [0.05, 0.1) is 0 Å². The fourth-order valence-corrected chi connectivity index (χ4v) is 2.53.